The lowest BCUT2D eigenvalue weighted by molar-refractivity contribution is -0.137. The molecule has 0 heterocycles. The van der Waals surface area contributed by atoms with Gasteiger partial charge in [0.2, 0.25) is 11.8 Å². The van der Waals surface area contributed by atoms with Gasteiger partial charge in [0.1, 0.15) is 12.6 Å². The summed E-state index contributed by atoms with van der Waals surface area (Å²) in [6.45, 7) is 0.129. The minimum atomic E-state index is -1.09. The van der Waals surface area contributed by atoms with E-state index in [1.54, 1.807) is 24.3 Å². The molecule has 0 radical (unpaired) electrons. The van der Waals surface area contributed by atoms with Crippen LogP contribution in [0.15, 0.2) is 29.4 Å². The van der Waals surface area contributed by atoms with Crippen molar-refractivity contribution in [1.82, 2.24) is 5.32 Å². The molecule has 0 saturated carbocycles. The number of aliphatic carboxylic acids is 1. The Kier molecular flexibility index (Phi) is 9.67. The Balaban J connectivity index is 2.47. The summed E-state index contributed by atoms with van der Waals surface area (Å²) in [5.74, 6) is 8.39. The Morgan fingerprint density at radius 2 is 1.93 bits per heavy atom. The van der Waals surface area contributed by atoms with Crippen LogP contribution >= 0.6 is 0 Å². The van der Waals surface area contributed by atoms with Crippen molar-refractivity contribution in [1.29, 1.82) is 0 Å². The first-order valence-electron chi connectivity index (χ1n) is 8.06. The van der Waals surface area contributed by atoms with Crippen LogP contribution in [0.2, 0.25) is 0 Å². The largest absolute Gasteiger partial charge is 0.481 e. The Morgan fingerprint density at radius 1 is 1.26 bits per heavy atom. The Bertz CT molecular complexity index is 734. The van der Waals surface area contributed by atoms with Crippen LogP contribution in [0.3, 0.4) is 0 Å². The van der Waals surface area contributed by atoms with E-state index in [1.165, 1.54) is 13.3 Å². The highest BCUT2D eigenvalue weighted by atomic mass is 16.5. The van der Waals surface area contributed by atoms with E-state index in [4.69, 9.17) is 15.7 Å². The van der Waals surface area contributed by atoms with Gasteiger partial charge in [0, 0.05) is 25.6 Å². The summed E-state index contributed by atoms with van der Waals surface area (Å²) in [6, 6.07) is 5.99. The summed E-state index contributed by atoms with van der Waals surface area (Å²) in [7, 11) is 1.46. The molecule has 5 N–H and O–H groups in total. The number of rotatable bonds is 9. The molecule has 0 aromatic heterocycles. The zero-order valence-corrected chi connectivity index (χ0v) is 14.9. The van der Waals surface area contributed by atoms with E-state index < -0.39 is 17.9 Å². The van der Waals surface area contributed by atoms with Crippen molar-refractivity contribution in [3.63, 3.8) is 0 Å². The van der Waals surface area contributed by atoms with Crippen LogP contribution in [0, 0.1) is 11.8 Å². The quantitative estimate of drug-likeness (QED) is 0.212. The SMILES string of the molecule is COCC#CC(CC(=O)O)NC(=O)CCC(=O)Nc1ccc(C=NN)cc1. The van der Waals surface area contributed by atoms with Crippen molar-refractivity contribution in [3.8, 4) is 11.8 Å². The molecule has 1 aromatic rings. The number of methoxy groups -OCH3 is 1. The number of hydrogen-bond acceptors (Lipinski definition) is 6. The fourth-order valence-corrected chi connectivity index (χ4v) is 2.01. The van der Waals surface area contributed by atoms with Crippen LogP contribution in [0.25, 0.3) is 0 Å². The zero-order chi connectivity index (χ0) is 20.1. The van der Waals surface area contributed by atoms with Crippen molar-refractivity contribution in [2.75, 3.05) is 19.0 Å². The van der Waals surface area contributed by atoms with Crippen LogP contribution in [-0.2, 0) is 19.1 Å². The molecule has 2 amide bonds. The fraction of sp³-hybridized carbons (Fsp3) is 0.333. The Morgan fingerprint density at radius 3 is 2.52 bits per heavy atom. The van der Waals surface area contributed by atoms with Crippen LogP contribution in [0.1, 0.15) is 24.8 Å². The van der Waals surface area contributed by atoms with E-state index in [0.717, 1.165) is 5.56 Å². The third-order valence-electron chi connectivity index (χ3n) is 3.20. The number of anilines is 1. The predicted molar refractivity (Wildman–Crippen MR) is 99.9 cm³/mol. The topological polar surface area (TPSA) is 143 Å². The minimum absolute atomic E-state index is 0.0524. The molecule has 0 aliphatic carbocycles. The second-order valence-corrected chi connectivity index (χ2v) is 5.42. The second-order valence-electron chi connectivity index (χ2n) is 5.42. The van der Waals surface area contributed by atoms with Gasteiger partial charge >= 0.3 is 5.97 Å². The van der Waals surface area contributed by atoms with E-state index in [9.17, 15) is 14.4 Å². The monoisotopic (exact) mass is 374 g/mol. The number of nitrogens with one attached hydrogen (secondary N) is 2. The van der Waals surface area contributed by atoms with Gasteiger partial charge in [-0.15, -0.1) is 0 Å². The van der Waals surface area contributed by atoms with Crippen molar-refractivity contribution in [2.45, 2.75) is 25.3 Å². The second kappa shape index (κ2) is 12.1. The van der Waals surface area contributed by atoms with Crippen LogP contribution in [0.4, 0.5) is 5.69 Å². The average molecular weight is 374 g/mol. The number of nitrogens with zero attached hydrogens (tertiary/aromatic N) is 1. The normalized spacial score (nSPS) is 11.3. The van der Waals surface area contributed by atoms with Crippen LogP contribution in [-0.4, -0.2) is 48.9 Å². The smallest absolute Gasteiger partial charge is 0.306 e. The van der Waals surface area contributed by atoms with Crippen molar-refractivity contribution in [3.05, 3.63) is 29.8 Å². The van der Waals surface area contributed by atoms with Gasteiger partial charge in [0.15, 0.2) is 0 Å². The maximum absolute atomic E-state index is 11.9. The number of carbonyl (C=O) groups is 3. The number of hydrogen-bond donors (Lipinski definition) is 4. The van der Waals surface area contributed by atoms with Gasteiger partial charge in [-0.3, -0.25) is 14.4 Å². The van der Waals surface area contributed by atoms with Crippen LogP contribution < -0.4 is 16.5 Å². The van der Waals surface area contributed by atoms with E-state index in [1.807, 2.05) is 0 Å². The van der Waals surface area contributed by atoms with E-state index >= 15 is 0 Å². The highest BCUT2D eigenvalue weighted by Crippen LogP contribution is 2.09. The van der Waals surface area contributed by atoms with Gasteiger partial charge in [0.05, 0.1) is 12.6 Å². The van der Waals surface area contributed by atoms with E-state index in [0.29, 0.717) is 5.69 Å². The third-order valence-corrected chi connectivity index (χ3v) is 3.20. The van der Waals surface area contributed by atoms with Crippen LogP contribution in [0.5, 0.6) is 0 Å². The molecular formula is C18H22N4O5. The van der Waals surface area contributed by atoms with Crippen molar-refractivity contribution < 1.29 is 24.2 Å². The summed E-state index contributed by atoms with van der Waals surface area (Å²) >= 11 is 0. The molecule has 0 spiro atoms. The first kappa shape index (κ1) is 21.7. The summed E-state index contributed by atoms with van der Waals surface area (Å²) in [5.41, 5.74) is 1.36. The number of carboxylic acid groups (broad SMARTS) is 1. The number of ether oxygens (including phenoxy) is 1. The number of amides is 2. The molecule has 0 saturated heterocycles. The van der Waals surface area contributed by atoms with Gasteiger partial charge in [0.25, 0.3) is 0 Å². The predicted octanol–water partition coefficient (Wildman–Crippen LogP) is 0.307. The first-order valence-corrected chi connectivity index (χ1v) is 8.06. The molecule has 1 aromatic carbocycles. The molecular weight excluding hydrogens is 352 g/mol. The molecule has 9 heteroatoms. The number of carboxylic acids is 1. The van der Waals surface area contributed by atoms with Gasteiger partial charge < -0.3 is 26.3 Å². The fourth-order valence-electron chi connectivity index (χ4n) is 2.01. The van der Waals surface area contributed by atoms with E-state index in [-0.39, 0.29) is 31.8 Å². The maximum atomic E-state index is 11.9. The maximum Gasteiger partial charge on any atom is 0.306 e. The van der Waals surface area contributed by atoms with Gasteiger partial charge in [-0.2, -0.15) is 5.10 Å². The highest BCUT2D eigenvalue weighted by molar-refractivity contribution is 5.93. The van der Waals surface area contributed by atoms with Gasteiger partial charge in [-0.05, 0) is 17.7 Å². The molecule has 0 aliphatic heterocycles. The number of benzene rings is 1. The molecule has 0 bridgehead atoms. The van der Waals surface area contributed by atoms with Gasteiger partial charge in [-0.25, -0.2) is 0 Å². The molecule has 27 heavy (non-hydrogen) atoms. The molecule has 9 nitrogen and oxygen atoms in total. The minimum Gasteiger partial charge on any atom is -0.481 e. The first-order chi connectivity index (χ1) is 12.9. The number of carbonyl (C=O) groups excluding carboxylic acids is 2. The molecule has 0 aliphatic rings. The summed E-state index contributed by atoms with van der Waals surface area (Å²) in [6.07, 6.45) is 0.987. The number of nitrogens with two attached hydrogens (primary N) is 1. The standard InChI is InChI=1S/C18H22N4O5/c1-27-10-2-3-15(11-18(25)26)22-17(24)9-8-16(23)21-14-6-4-13(5-7-14)12-20-19/h4-7,12,15H,8-11,19H2,1H3,(H,21,23)(H,22,24)(H,25,26). The van der Waals surface area contributed by atoms with Gasteiger partial charge in [-0.1, -0.05) is 24.0 Å². The average Bonchev–Trinajstić information content (AvgIpc) is 2.61. The lowest BCUT2D eigenvalue weighted by Crippen LogP contribution is -2.36. The van der Waals surface area contributed by atoms with Crippen molar-refractivity contribution in [2.24, 2.45) is 10.9 Å². The summed E-state index contributed by atoms with van der Waals surface area (Å²) < 4.78 is 4.76. The molecule has 1 atom stereocenters. The Hall–Kier alpha value is -3.38. The summed E-state index contributed by atoms with van der Waals surface area (Å²) in [5, 5.41) is 17.4. The molecule has 1 unspecified atom stereocenters. The molecule has 144 valence electrons. The zero-order valence-electron chi connectivity index (χ0n) is 14.9. The van der Waals surface area contributed by atoms with E-state index in [2.05, 4.69) is 27.6 Å². The number of hydrazone groups is 1. The molecule has 0 fully saturated rings. The molecule has 1 rings (SSSR count). The third kappa shape index (κ3) is 9.62. The lowest BCUT2D eigenvalue weighted by Gasteiger charge is -2.11. The summed E-state index contributed by atoms with van der Waals surface area (Å²) in [4.78, 5) is 34.7. The lowest BCUT2D eigenvalue weighted by atomic mass is 10.2. The Labute approximate surface area is 157 Å². The highest BCUT2D eigenvalue weighted by Gasteiger charge is 2.14. The van der Waals surface area contributed by atoms with Crippen molar-refractivity contribution >= 4 is 29.7 Å².